The van der Waals surface area contributed by atoms with Crippen LogP contribution in [0.15, 0.2) is 54.6 Å². The highest BCUT2D eigenvalue weighted by Crippen LogP contribution is 2.20. The fraction of sp³-hybridized carbons (Fsp3) is 0.278. The van der Waals surface area contributed by atoms with Crippen molar-refractivity contribution in [1.82, 2.24) is 5.32 Å². The van der Waals surface area contributed by atoms with Gasteiger partial charge in [0.25, 0.3) is 0 Å². The van der Waals surface area contributed by atoms with Crippen molar-refractivity contribution in [1.29, 1.82) is 0 Å². The van der Waals surface area contributed by atoms with Crippen LogP contribution in [0.25, 0.3) is 0 Å². The summed E-state index contributed by atoms with van der Waals surface area (Å²) in [5.41, 5.74) is 2.01. The maximum absolute atomic E-state index is 11.8. The zero-order valence-corrected chi connectivity index (χ0v) is 13.3. The molecule has 2 aromatic rings. The molecule has 0 saturated carbocycles. The molecular formula is C18H21ClN2O. The van der Waals surface area contributed by atoms with Gasteiger partial charge in [-0.05, 0) is 37.1 Å². The van der Waals surface area contributed by atoms with E-state index in [9.17, 15) is 4.79 Å². The molecule has 0 bridgehead atoms. The van der Waals surface area contributed by atoms with E-state index in [0.29, 0.717) is 23.7 Å². The highest BCUT2D eigenvalue weighted by atomic mass is 35.5. The Labute approximate surface area is 136 Å². The second-order valence-electron chi connectivity index (χ2n) is 5.12. The number of carbonyl (C=O) groups excluding carboxylic acids is 1. The van der Waals surface area contributed by atoms with Crippen molar-refractivity contribution >= 4 is 23.2 Å². The van der Waals surface area contributed by atoms with Gasteiger partial charge in [-0.1, -0.05) is 54.1 Å². The van der Waals surface area contributed by atoms with E-state index in [2.05, 4.69) is 34.9 Å². The van der Waals surface area contributed by atoms with Crippen molar-refractivity contribution in [3.05, 3.63) is 65.2 Å². The van der Waals surface area contributed by atoms with Crippen molar-refractivity contribution in [2.24, 2.45) is 0 Å². The molecular weight excluding hydrogens is 296 g/mol. The number of para-hydroxylation sites is 1. The van der Waals surface area contributed by atoms with Crippen LogP contribution >= 0.6 is 11.6 Å². The number of hydrogen-bond acceptors (Lipinski definition) is 2. The molecule has 0 fully saturated rings. The summed E-state index contributed by atoms with van der Waals surface area (Å²) in [6.45, 7) is 1.58. The second-order valence-corrected chi connectivity index (χ2v) is 5.52. The summed E-state index contributed by atoms with van der Waals surface area (Å²) in [6, 6.07) is 17.7. The standard InChI is InChI=1S/C18H21ClN2O/c19-16-10-4-5-11-17(16)21-18(22)12-14-20-13-6-9-15-7-2-1-3-8-15/h1-5,7-8,10-11,20H,6,9,12-14H2,(H,21,22). The van der Waals surface area contributed by atoms with Crippen LogP contribution < -0.4 is 10.6 Å². The SMILES string of the molecule is O=C(CCNCCCc1ccccc1)Nc1ccccc1Cl. The number of anilines is 1. The van der Waals surface area contributed by atoms with Gasteiger partial charge >= 0.3 is 0 Å². The van der Waals surface area contributed by atoms with Crippen LogP contribution in [0, 0.1) is 0 Å². The first-order valence-electron chi connectivity index (χ1n) is 7.55. The van der Waals surface area contributed by atoms with Crippen molar-refractivity contribution in [3.63, 3.8) is 0 Å². The summed E-state index contributed by atoms with van der Waals surface area (Å²) >= 11 is 6.00. The van der Waals surface area contributed by atoms with Gasteiger partial charge in [0.05, 0.1) is 10.7 Å². The van der Waals surface area contributed by atoms with E-state index in [0.717, 1.165) is 19.4 Å². The summed E-state index contributed by atoms with van der Waals surface area (Å²) in [4.78, 5) is 11.8. The average molecular weight is 317 g/mol. The molecule has 2 N–H and O–H groups in total. The molecule has 116 valence electrons. The Morgan fingerprint density at radius 3 is 2.45 bits per heavy atom. The normalized spacial score (nSPS) is 10.4. The van der Waals surface area contributed by atoms with Gasteiger partial charge in [-0.15, -0.1) is 0 Å². The molecule has 0 spiro atoms. The minimum atomic E-state index is -0.0244. The van der Waals surface area contributed by atoms with Crippen LogP contribution in [-0.2, 0) is 11.2 Å². The van der Waals surface area contributed by atoms with Gasteiger partial charge in [0, 0.05) is 13.0 Å². The lowest BCUT2D eigenvalue weighted by Gasteiger charge is -2.08. The van der Waals surface area contributed by atoms with E-state index in [-0.39, 0.29) is 5.91 Å². The fourth-order valence-corrected chi connectivity index (χ4v) is 2.35. The lowest BCUT2D eigenvalue weighted by molar-refractivity contribution is -0.116. The predicted octanol–water partition coefficient (Wildman–Crippen LogP) is 3.89. The van der Waals surface area contributed by atoms with Crippen LogP contribution in [0.2, 0.25) is 5.02 Å². The average Bonchev–Trinajstić information content (AvgIpc) is 2.54. The number of nitrogens with one attached hydrogen (secondary N) is 2. The van der Waals surface area contributed by atoms with Crippen molar-refractivity contribution in [2.45, 2.75) is 19.3 Å². The van der Waals surface area contributed by atoms with Crippen LogP contribution in [0.3, 0.4) is 0 Å². The fourth-order valence-electron chi connectivity index (χ4n) is 2.16. The van der Waals surface area contributed by atoms with Gasteiger partial charge in [0.15, 0.2) is 0 Å². The number of amides is 1. The quantitative estimate of drug-likeness (QED) is 0.725. The van der Waals surface area contributed by atoms with Gasteiger partial charge in [-0.2, -0.15) is 0 Å². The van der Waals surface area contributed by atoms with Gasteiger partial charge in [0.2, 0.25) is 5.91 Å². The third kappa shape index (κ3) is 5.88. The number of rotatable bonds is 8. The topological polar surface area (TPSA) is 41.1 Å². The van der Waals surface area contributed by atoms with Crippen molar-refractivity contribution in [2.75, 3.05) is 18.4 Å². The molecule has 0 aliphatic carbocycles. The molecule has 1 amide bonds. The van der Waals surface area contributed by atoms with E-state index in [1.807, 2.05) is 18.2 Å². The Kier molecular flexibility index (Phi) is 6.94. The van der Waals surface area contributed by atoms with Gasteiger partial charge in [-0.3, -0.25) is 4.79 Å². The van der Waals surface area contributed by atoms with Gasteiger partial charge < -0.3 is 10.6 Å². The summed E-state index contributed by atoms with van der Waals surface area (Å²) in [5, 5.41) is 6.67. The maximum atomic E-state index is 11.8. The van der Waals surface area contributed by atoms with Gasteiger partial charge in [0.1, 0.15) is 0 Å². The molecule has 22 heavy (non-hydrogen) atoms. The van der Waals surface area contributed by atoms with E-state index in [1.54, 1.807) is 12.1 Å². The summed E-state index contributed by atoms with van der Waals surface area (Å²) < 4.78 is 0. The van der Waals surface area contributed by atoms with Crippen molar-refractivity contribution < 1.29 is 4.79 Å². The molecule has 0 atom stereocenters. The third-order valence-electron chi connectivity index (χ3n) is 3.34. The number of hydrogen-bond donors (Lipinski definition) is 2. The monoisotopic (exact) mass is 316 g/mol. The first kappa shape index (κ1) is 16.5. The molecule has 2 aromatic carbocycles. The molecule has 0 aliphatic rings. The minimum Gasteiger partial charge on any atom is -0.325 e. The van der Waals surface area contributed by atoms with Crippen molar-refractivity contribution in [3.8, 4) is 0 Å². The van der Waals surface area contributed by atoms with Crippen LogP contribution in [-0.4, -0.2) is 19.0 Å². The summed E-state index contributed by atoms with van der Waals surface area (Å²) in [6.07, 6.45) is 2.56. The molecule has 0 radical (unpaired) electrons. The number of aryl methyl sites for hydroxylation is 1. The molecule has 0 aromatic heterocycles. The first-order valence-corrected chi connectivity index (χ1v) is 7.92. The van der Waals surface area contributed by atoms with E-state index < -0.39 is 0 Å². The molecule has 0 saturated heterocycles. The first-order chi connectivity index (χ1) is 10.8. The Bertz CT molecular complexity index is 587. The Morgan fingerprint density at radius 2 is 1.68 bits per heavy atom. The number of carbonyl (C=O) groups is 1. The Hall–Kier alpha value is -1.84. The minimum absolute atomic E-state index is 0.0244. The Balaban J connectivity index is 1.57. The van der Waals surface area contributed by atoms with E-state index in [4.69, 9.17) is 11.6 Å². The smallest absolute Gasteiger partial charge is 0.225 e. The molecule has 4 heteroatoms. The highest BCUT2D eigenvalue weighted by molar-refractivity contribution is 6.33. The van der Waals surface area contributed by atoms with E-state index >= 15 is 0 Å². The molecule has 0 aliphatic heterocycles. The zero-order chi connectivity index (χ0) is 15.6. The van der Waals surface area contributed by atoms with E-state index in [1.165, 1.54) is 5.56 Å². The Morgan fingerprint density at radius 1 is 0.955 bits per heavy atom. The molecule has 2 rings (SSSR count). The third-order valence-corrected chi connectivity index (χ3v) is 3.67. The van der Waals surface area contributed by atoms with Crippen LogP contribution in [0.5, 0.6) is 0 Å². The predicted molar refractivity (Wildman–Crippen MR) is 92.3 cm³/mol. The maximum Gasteiger partial charge on any atom is 0.225 e. The molecule has 0 unspecified atom stereocenters. The van der Waals surface area contributed by atoms with Crippen LogP contribution in [0.4, 0.5) is 5.69 Å². The zero-order valence-electron chi connectivity index (χ0n) is 12.5. The highest BCUT2D eigenvalue weighted by Gasteiger charge is 2.04. The lowest BCUT2D eigenvalue weighted by Crippen LogP contribution is -2.23. The lowest BCUT2D eigenvalue weighted by atomic mass is 10.1. The number of benzene rings is 2. The number of halogens is 1. The molecule has 0 heterocycles. The summed E-state index contributed by atoms with van der Waals surface area (Å²) in [7, 11) is 0. The van der Waals surface area contributed by atoms with Gasteiger partial charge in [-0.25, -0.2) is 0 Å². The summed E-state index contributed by atoms with van der Waals surface area (Å²) in [5.74, 6) is -0.0244. The largest absolute Gasteiger partial charge is 0.325 e. The van der Waals surface area contributed by atoms with Crippen LogP contribution in [0.1, 0.15) is 18.4 Å². The molecule has 3 nitrogen and oxygen atoms in total. The second kappa shape index (κ2) is 9.23.